The van der Waals surface area contributed by atoms with E-state index in [9.17, 15) is 4.79 Å². The summed E-state index contributed by atoms with van der Waals surface area (Å²) in [6.07, 6.45) is 3.65. The van der Waals surface area contributed by atoms with Crippen LogP contribution in [-0.4, -0.2) is 38.1 Å². The van der Waals surface area contributed by atoms with E-state index in [2.05, 4.69) is 15.3 Å². The first-order valence-corrected chi connectivity index (χ1v) is 9.86. The first-order chi connectivity index (χ1) is 14.1. The normalized spacial score (nSPS) is 11.8. The Hall–Kier alpha value is -3.15. The van der Waals surface area contributed by atoms with Crippen LogP contribution in [0.3, 0.4) is 0 Å². The van der Waals surface area contributed by atoms with E-state index in [0.29, 0.717) is 33.3 Å². The maximum atomic E-state index is 11.8. The number of nitrogens with two attached hydrogens (primary N) is 2. The number of anilines is 1. The van der Waals surface area contributed by atoms with E-state index in [1.165, 1.54) is 11.5 Å². The van der Waals surface area contributed by atoms with Gasteiger partial charge in [-0.2, -0.15) is 9.78 Å². The Kier molecular flexibility index (Phi) is 7.75. The number of pyridine rings is 2. The summed E-state index contributed by atoms with van der Waals surface area (Å²) in [5.74, 6) is 0.585. The number of ether oxygens (including phenoxy) is 1. The number of rotatable bonds is 5. The van der Waals surface area contributed by atoms with Gasteiger partial charge in [0.05, 0.1) is 28.0 Å². The summed E-state index contributed by atoms with van der Waals surface area (Å²) in [5, 5.41) is 29.3. The van der Waals surface area contributed by atoms with Crippen molar-refractivity contribution in [3.05, 3.63) is 36.3 Å². The summed E-state index contributed by atoms with van der Waals surface area (Å²) in [4.78, 5) is 20.6. The first kappa shape index (κ1) is 23.1. The van der Waals surface area contributed by atoms with Crippen LogP contribution < -0.4 is 16.0 Å². The molecule has 0 fully saturated rings. The Morgan fingerprint density at radius 1 is 1.27 bits per heavy atom. The fraction of sp³-hybridized carbons (Fsp3) is 0.263. The molecular weight excluding hydrogens is 404 g/mol. The van der Waals surface area contributed by atoms with E-state index in [0.717, 1.165) is 18.0 Å². The minimum atomic E-state index is -0.589. The number of nitrogens with zero attached hydrogens (tertiary/aromatic N) is 2. The van der Waals surface area contributed by atoms with Crippen molar-refractivity contribution in [3.63, 3.8) is 0 Å². The molecule has 0 radical (unpaired) electrons. The third-order valence-corrected chi connectivity index (χ3v) is 3.99. The highest BCUT2D eigenvalue weighted by atomic mass is 32.2. The lowest BCUT2D eigenvalue weighted by Crippen LogP contribution is -2.83. The van der Waals surface area contributed by atoms with E-state index in [-0.39, 0.29) is 5.17 Å². The Morgan fingerprint density at radius 3 is 2.63 bits per heavy atom. The Balaban J connectivity index is 2.13. The second-order valence-electron chi connectivity index (χ2n) is 7.26. The highest BCUT2D eigenvalue weighted by Crippen LogP contribution is 2.17. The molecule has 0 unspecified atom stereocenters. The number of thioether (sulfide) groups is 1. The van der Waals surface area contributed by atoms with Crippen LogP contribution in [-0.2, 0) is 4.74 Å². The predicted molar refractivity (Wildman–Crippen MR) is 118 cm³/mol. The molecule has 0 aliphatic rings. The van der Waals surface area contributed by atoms with Gasteiger partial charge in [0.1, 0.15) is 17.5 Å². The smallest absolute Gasteiger partial charge is 0.414 e. The molecule has 0 aliphatic heterocycles. The second kappa shape index (κ2) is 10.1. The molecule has 2 heterocycles. The molecular formula is C19H26N8O2S+2. The van der Waals surface area contributed by atoms with Crippen LogP contribution in [0.1, 0.15) is 27.7 Å². The van der Waals surface area contributed by atoms with Crippen molar-refractivity contribution in [1.82, 2.24) is 9.97 Å². The number of aromatic nitrogens is 2. The molecule has 8 N–H and O–H groups in total. The zero-order valence-corrected chi connectivity index (χ0v) is 18.1. The largest absolute Gasteiger partial charge is 0.517 e. The SMILES string of the molecule is CC(=N)SC(=N)[NH2+]c1ccc2ncc(N/C(C=N)=C/[NH2+]C(=O)OC(C)(C)C)cc2n1. The Bertz CT molecular complexity index is 1010. The molecule has 2 rings (SSSR count). The molecule has 0 saturated carbocycles. The molecule has 30 heavy (non-hydrogen) atoms. The molecule has 0 saturated heterocycles. The standard InChI is InChI=1S/C19H24N8O2S/c1-11(21)30-17(22)27-16-6-5-14-15(26-16)7-12(9-23-14)25-13(8-20)10-24-18(28)29-19(2,3)4/h5-10,20-21,25H,1-4H3,(H,24,28)(H2,22,26,27)/p+2/b13-10+,20-8?,21-11?. The van der Waals surface area contributed by atoms with Gasteiger partial charge in [-0.1, -0.05) is 0 Å². The minimum absolute atomic E-state index is 0.225. The maximum Gasteiger partial charge on any atom is 0.517 e. The zero-order chi connectivity index (χ0) is 22.3. The first-order valence-electron chi connectivity index (χ1n) is 9.04. The van der Waals surface area contributed by atoms with Crippen molar-refractivity contribution in [2.45, 2.75) is 33.3 Å². The third-order valence-electron chi connectivity index (χ3n) is 3.35. The van der Waals surface area contributed by atoms with Crippen molar-refractivity contribution >= 4 is 56.8 Å². The number of allylic oxidation sites excluding steroid dienone is 1. The van der Waals surface area contributed by atoms with Gasteiger partial charge in [0, 0.05) is 24.0 Å². The van der Waals surface area contributed by atoms with Gasteiger partial charge in [-0.3, -0.25) is 10.4 Å². The van der Waals surface area contributed by atoms with Gasteiger partial charge in [-0.05, 0) is 39.8 Å². The van der Waals surface area contributed by atoms with Gasteiger partial charge in [-0.15, -0.1) is 0 Å². The summed E-state index contributed by atoms with van der Waals surface area (Å²) in [5.41, 5.74) is 1.68. The van der Waals surface area contributed by atoms with Gasteiger partial charge in [0.2, 0.25) is 5.82 Å². The van der Waals surface area contributed by atoms with Gasteiger partial charge in [0.25, 0.3) is 5.17 Å². The lowest BCUT2D eigenvalue weighted by molar-refractivity contribution is -0.503. The number of hydrogen-bond donors (Lipinski definition) is 6. The van der Waals surface area contributed by atoms with E-state index in [4.69, 9.17) is 21.0 Å². The number of nitrogens with one attached hydrogen (secondary N) is 4. The van der Waals surface area contributed by atoms with Crippen LogP contribution >= 0.6 is 11.8 Å². The number of quaternary nitrogens is 2. The second-order valence-corrected chi connectivity index (χ2v) is 8.51. The van der Waals surface area contributed by atoms with E-state index >= 15 is 0 Å². The fourth-order valence-electron chi connectivity index (χ4n) is 2.29. The van der Waals surface area contributed by atoms with Crippen molar-refractivity contribution in [1.29, 1.82) is 16.2 Å². The monoisotopic (exact) mass is 430 g/mol. The average Bonchev–Trinajstić information content (AvgIpc) is 2.62. The molecule has 2 aromatic rings. The lowest BCUT2D eigenvalue weighted by atomic mass is 10.2. The Labute approximate surface area is 178 Å². The van der Waals surface area contributed by atoms with E-state index in [1.807, 2.05) is 0 Å². The van der Waals surface area contributed by atoms with Crippen LogP contribution in [0.15, 0.2) is 36.3 Å². The molecule has 10 nitrogen and oxygen atoms in total. The number of carbonyl (C=O) groups is 1. The average molecular weight is 431 g/mol. The van der Waals surface area contributed by atoms with Crippen molar-refractivity contribution in [3.8, 4) is 0 Å². The summed E-state index contributed by atoms with van der Waals surface area (Å²) in [7, 11) is 0. The number of primary amides is 1. The minimum Gasteiger partial charge on any atom is -0.414 e. The molecule has 0 spiro atoms. The quantitative estimate of drug-likeness (QED) is 0.312. The van der Waals surface area contributed by atoms with Gasteiger partial charge in [-0.25, -0.2) is 16.0 Å². The molecule has 0 atom stereocenters. The summed E-state index contributed by atoms with van der Waals surface area (Å²) < 4.78 is 5.21. The highest BCUT2D eigenvalue weighted by molar-refractivity contribution is 8.25. The molecule has 2 aromatic heterocycles. The van der Waals surface area contributed by atoms with Crippen LogP contribution in [0, 0.1) is 16.2 Å². The highest BCUT2D eigenvalue weighted by Gasteiger charge is 2.18. The topological polar surface area (TPSA) is 169 Å². The number of fused-ring (bicyclic) bond motifs is 1. The van der Waals surface area contributed by atoms with Crippen LogP contribution in [0.4, 0.5) is 16.3 Å². The molecule has 0 aliphatic carbocycles. The summed E-state index contributed by atoms with van der Waals surface area (Å²) >= 11 is 1.05. The van der Waals surface area contributed by atoms with Gasteiger partial charge in [0.15, 0.2) is 0 Å². The number of carbonyl (C=O) groups excluding carboxylic acids is 1. The van der Waals surface area contributed by atoms with Crippen LogP contribution in [0.25, 0.3) is 11.0 Å². The Morgan fingerprint density at radius 2 is 2.00 bits per heavy atom. The summed E-state index contributed by atoms with van der Waals surface area (Å²) in [6.45, 7) is 6.97. The third kappa shape index (κ3) is 7.70. The van der Waals surface area contributed by atoms with Crippen molar-refractivity contribution < 1.29 is 20.2 Å². The molecule has 1 amide bonds. The van der Waals surface area contributed by atoms with Crippen LogP contribution in [0.2, 0.25) is 0 Å². The van der Waals surface area contributed by atoms with Gasteiger partial charge >= 0.3 is 6.09 Å². The van der Waals surface area contributed by atoms with Crippen molar-refractivity contribution in [2.75, 3.05) is 5.32 Å². The number of hydrogen-bond acceptors (Lipinski definition) is 9. The zero-order valence-electron chi connectivity index (χ0n) is 17.2. The van der Waals surface area contributed by atoms with Crippen molar-refractivity contribution in [2.24, 2.45) is 0 Å². The van der Waals surface area contributed by atoms with E-state index in [1.54, 1.807) is 57.4 Å². The molecule has 0 bridgehead atoms. The number of amidine groups is 1. The fourth-order valence-corrected chi connectivity index (χ4v) is 2.80. The lowest BCUT2D eigenvalue weighted by Gasteiger charge is -2.16. The molecule has 158 valence electrons. The maximum absolute atomic E-state index is 11.8. The van der Waals surface area contributed by atoms with Gasteiger partial charge < -0.3 is 15.5 Å². The number of amides is 1. The molecule has 0 aromatic carbocycles. The van der Waals surface area contributed by atoms with E-state index < -0.39 is 11.7 Å². The predicted octanol–water partition coefficient (Wildman–Crippen LogP) is 1.89. The summed E-state index contributed by atoms with van der Waals surface area (Å²) in [6, 6.07) is 5.33. The molecule has 11 heteroatoms. The van der Waals surface area contributed by atoms with Crippen LogP contribution in [0.5, 0.6) is 0 Å².